The minimum Gasteiger partial charge on any atom is -0.481 e. The molecule has 0 spiro atoms. The highest BCUT2D eigenvalue weighted by atomic mass is 16.4. The molecule has 2 atom stereocenters. The van der Waals surface area contributed by atoms with E-state index in [2.05, 4.69) is 10.4 Å². The zero-order chi connectivity index (χ0) is 15.5. The van der Waals surface area contributed by atoms with Crippen molar-refractivity contribution < 1.29 is 14.7 Å². The number of carboxylic acids is 1. The van der Waals surface area contributed by atoms with Gasteiger partial charge in [0.15, 0.2) is 0 Å². The molecule has 114 valence electrons. The highest BCUT2D eigenvalue weighted by Gasteiger charge is 2.48. The van der Waals surface area contributed by atoms with Gasteiger partial charge in [-0.1, -0.05) is 30.3 Å². The van der Waals surface area contributed by atoms with E-state index in [0.29, 0.717) is 19.5 Å². The maximum Gasteiger partial charge on any atom is 0.307 e. The van der Waals surface area contributed by atoms with Gasteiger partial charge in [-0.15, -0.1) is 0 Å². The third-order valence-electron chi connectivity index (χ3n) is 3.79. The van der Waals surface area contributed by atoms with Crippen LogP contribution in [0.2, 0.25) is 0 Å². The van der Waals surface area contributed by atoms with Crippen molar-refractivity contribution in [2.24, 2.45) is 11.8 Å². The molecule has 6 heteroatoms. The van der Waals surface area contributed by atoms with Crippen molar-refractivity contribution in [3.8, 4) is 0 Å². The van der Waals surface area contributed by atoms with Crippen LogP contribution in [-0.2, 0) is 22.7 Å². The Balaban J connectivity index is 1.50. The second-order valence-electron chi connectivity index (χ2n) is 5.54. The summed E-state index contributed by atoms with van der Waals surface area (Å²) in [6.45, 7) is 1.05. The second-order valence-corrected chi connectivity index (χ2v) is 5.54. The van der Waals surface area contributed by atoms with Gasteiger partial charge in [-0.25, -0.2) is 0 Å². The molecule has 0 saturated heterocycles. The van der Waals surface area contributed by atoms with Crippen LogP contribution < -0.4 is 5.32 Å². The van der Waals surface area contributed by atoms with Gasteiger partial charge in [-0.3, -0.25) is 14.3 Å². The third-order valence-corrected chi connectivity index (χ3v) is 3.79. The molecular formula is C16H17N3O3. The van der Waals surface area contributed by atoms with Crippen LogP contribution in [0.4, 0.5) is 0 Å². The summed E-state index contributed by atoms with van der Waals surface area (Å²) in [5, 5.41) is 15.8. The molecule has 22 heavy (non-hydrogen) atoms. The van der Waals surface area contributed by atoms with E-state index in [4.69, 9.17) is 5.11 Å². The van der Waals surface area contributed by atoms with E-state index in [-0.39, 0.29) is 11.8 Å². The van der Waals surface area contributed by atoms with E-state index in [9.17, 15) is 9.59 Å². The van der Waals surface area contributed by atoms with Gasteiger partial charge in [0.25, 0.3) is 0 Å². The van der Waals surface area contributed by atoms with Crippen LogP contribution in [0.25, 0.3) is 0 Å². The topological polar surface area (TPSA) is 84.2 Å². The predicted octanol–water partition coefficient (Wildman–Crippen LogP) is 1.27. The molecule has 1 aliphatic carbocycles. The molecule has 1 fully saturated rings. The molecule has 2 aromatic rings. The number of carbonyl (C=O) groups is 2. The lowest BCUT2D eigenvalue weighted by Gasteiger charge is -2.02. The molecule has 1 aromatic carbocycles. The minimum atomic E-state index is -0.893. The van der Waals surface area contributed by atoms with Crippen molar-refractivity contribution in [3.05, 3.63) is 53.9 Å². The number of carboxylic acid groups (broad SMARTS) is 1. The van der Waals surface area contributed by atoms with Gasteiger partial charge < -0.3 is 10.4 Å². The number of nitrogens with zero attached hydrogens (tertiary/aromatic N) is 2. The fourth-order valence-corrected chi connectivity index (χ4v) is 2.43. The average molecular weight is 299 g/mol. The van der Waals surface area contributed by atoms with Gasteiger partial charge >= 0.3 is 5.97 Å². The average Bonchev–Trinajstić information content (AvgIpc) is 3.21. The monoisotopic (exact) mass is 299 g/mol. The lowest BCUT2D eigenvalue weighted by atomic mass is 10.2. The Hall–Kier alpha value is -2.63. The van der Waals surface area contributed by atoms with Crippen molar-refractivity contribution in [1.29, 1.82) is 0 Å². The second kappa shape index (κ2) is 6.01. The van der Waals surface area contributed by atoms with E-state index in [1.807, 2.05) is 41.2 Å². The summed E-state index contributed by atoms with van der Waals surface area (Å²) in [4.78, 5) is 22.5. The molecule has 3 rings (SSSR count). The Morgan fingerprint density at radius 1 is 1.23 bits per heavy atom. The Labute approximate surface area is 127 Å². The first-order valence-electron chi connectivity index (χ1n) is 7.19. The zero-order valence-corrected chi connectivity index (χ0v) is 12.0. The summed E-state index contributed by atoms with van der Waals surface area (Å²) in [5.41, 5.74) is 2.06. The van der Waals surface area contributed by atoms with E-state index >= 15 is 0 Å². The summed E-state index contributed by atoms with van der Waals surface area (Å²) >= 11 is 0. The molecule has 0 radical (unpaired) electrons. The Kier molecular flexibility index (Phi) is 3.91. The first kappa shape index (κ1) is 14.3. The number of hydrogen-bond acceptors (Lipinski definition) is 3. The van der Waals surface area contributed by atoms with Crippen LogP contribution in [0.15, 0.2) is 42.7 Å². The number of benzene rings is 1. The minimum absolute atomic E-state index is 0.191. The molecule has 0 unspecified atom stereocenters. The number of aromatic nitrogens is 2. The largest absolute Gasteiger partial charge is 0.481 e. The van der Waals surface area contributed by atoms with Crippen molar-refractivity contribution >= 4 is 11.9 Å². The molecule has 1 aromatic heterocycles. The lowest BCUT2D eigenvalue weighted by molar-refractivity contribution is -0.140. The summed E-state index contributed by atoms with van der Waals surface area (Å²) in [7, 11) is 0. The van der Waals surface area contributed by atoms with E-state index < -0.39 is 11.9 Å². The molecule has 0 aliphatic heterocycles. The van der Waals surface area contributed by atoms with Crippen molar-refractivity contribution in [1.82, 2.24) is 15.1 Å². The van der Waals surface area contributed by atoms with Gasteiger partial charge in [0.05, 0.1) is 24.6 Å². The highest BCUT2D eigenvalue weighted by Crippen LogP contribution is 2.38. The first-order valence-corrected chi connectivity index (χ1v) is 7.19. The van der Waals surface area contributed by atoms with Gasteiger partial charge in [-0.05, 0) is 12.0 Å². The number of nitrogens with one attached hydrogen (secondary N) is 1. The van der Waals surface area contributed by atoms with Crippen LogP contribution in [-0.4, -0.2) is 26.8 Å². The maximum absolute atomic E-state index is 11.8. The number of amides is 1. The Bertz CT molecular complexity index is 681. The summed E-state index contributed by atoms with van der Waals surface area (Å²) in [6.07, 6.45) is 4.04. The fraction of sp³-hybridized carbons (Fsp3) is 0.312. The van der Waals surface area contributed by atoms with Crippen molar-refractivity contribution in [2.75, 3.05) is 0 Å². The molecule has 1 heterocycles. The van der Waals surface area contributed by atoms with Gasteiger partial charge in [-0.2, -0.15) is 5.10 Å². The summed E-state index contributed by atoms with van der Waals surface area (Å²) < 4.78 is 1.81. The lowest BCUT2D eigenvalue weighted by Crippen LogP contribution is -2.25. The normalized spacial score (nSPS) is 19.6. The molecule has 1 aliphatic rings. The Morgan fingerprint density at radius 2 is 2.00 bits per heavy atom. The third kappa shape index (κ3) is 3.33. The predicted molar refractivity (Wildman–Crippen MR) is 78.9 cm³/mol. The fourth-order valence-electron chi connectivity index (χ4n) is 2.43. The van der Waals surface area contributed by atoms with Crippen LogP contribution in [0.1, 0.15) is 17.5 Å². The van der Waals surface area contributed by atoms with Crippen LogP contribution in [0, 0.1) is 11.8 Å². The van der Waals surface area contributed by atoms with Crippen LogP contribution in [0.3, 0.4) is 0 Å². The molecular weight excluding hydrogens is 282 g/mol. The molecule has 6 nitrogen and oxygen atoms in total. The number of rotatable bonds is 6. The smallest absolute Gasteiger partial charge is 0.307 e. The quantitative estimate of drug-likeness (QED) is 0.841. The van der Waals surface area contributed by atoms with E-state index in [1.54, 1.807) is 6.20 Å². The standard InChI is InChI=1S/C16H17N3O3/c20-15(13-6-14(13)16(21)22)17-7-12-8-18-19(10-12)9-11-4-2-1-3-5-11/h1-5,8,10,13-14H,6-7,9H2,(H,17,20)(H,21,22)/t13-,14-/m1/s1. The van der Waals surface area contributed by atoms with Gasteiger partial charge in [0.2, 0.25) is 5.91 Å². The van der Waals surface area contributed by atoms with Crippen molar-refractivity contribution in [3.63, 3.8) is 0 Å². The first-order chi connectivity index (χ1) is 10.6. The molecule has 1 saturated carbocycles. The SMILES string of the molecule is O=C(O)[C@@H]1C[C@H]1C(=O)NCc1cnn(Cc2ccccc2)c1. The van der Waals surface area contributed by atoms with Crippen LogP contribution in [0.5, 0.6) is 0 Å². The number of carbonyl (C=O) groups excluding carboxylic acids is 1. The summed E-state index contributed by atoms with van der Waals surface area (Å²) in [5.74, 6) is -1.98. The number of aliphatic carboxylic acids is 1. The van der Waals surface area contributed by atoms with Crippen LogP contribution >= 0.6 is 0 Å². The Morgan fingerprint density at radius 3 is 2.68 bits per heavy atom. The van der Waals surface area contributed by atoms with E-state index in [1.165, 1.54) is 0 Å². The number of hydrogen-bond donors (Lipinski definition) is 2. The maximum atomic E-state index is 11.8. The van der Waals surface area contributed by atoms with E-state index in [0.717, 1.165) is 11.1 Å². The van der Waals surface area contributed by atoms with Gasteiger partial charge in [0.1, 0.15) is 0 Å². The summed E-state index contributed by atoms with van der Waals surface area (Å²) in [6, 6.07) is 9.99. The van der Waals surface area contributed by atoms with Crippen molar-refractivity contribution in [2.45, 2.75) is 19.5 Å². The highest BCUT2D eigenvalue weighted by molar-refractivity contribution is 5.89. The molecule has 0 bridgehead atoms. The van der Waals surface area contributed by atoms with Gasteiger partial charge in [0, 0.05) is 18.3 Å². The molecule has 1 amide bonds. The molecule has 2 N–H and O–H groups in total. The zero-order valence-electron chi connectivity index (χ0n) is 12.0.